The third-order valence-electron chi connectivity index (χ3n) is 3.14. The minimum absolute atomic E-state index is 0.0842. The summed E-state index contributed by atoms with van der Waals surface area (Å²) in [5, 5.41) is 6.00. The van der Waals surface area contributed by atoms with Gasteiger partial charge in [-0.15, -0.1) is 0 Å². The lowest BCUT2D eigenvalue weighted by Crippen LogP contribution is -2.44. The number of rotatable bonds is 7. The lowest BCUT2D eigenvalue weighted by molar-refractivity contribution is -0.132. The lowest BCUT2D eigenvalue weighted by atomic mass is 10.3. The van der Waals surface area contributed by atoms with E-state index in [1.165, 1.54) is 0 Å². The number of methoxy groups -OCH3 is 1. The highest BCUT2D eigenvalue weighted by Gasteiger charge is 2.17. The van der Waals surface area contributed by atoms with E-state index in [0.29, 0.717) is 13.2 Å². The molecule has 0 spiro atoms. The van der Waals surface area contributed by atoms with Gasteiger partial charge in [-0.1, -0.05) is 0 Å². The van der Waals surface area contributed by atoms with Gasteiger partial charge < -0.3 is 20.3 Å². The van der Waals surface area contributed by atoms with Crippen LogP contribution in [-0.4, -0.2) is 88.2 Å². The number of hydrogen-bond acceptors (Lipinski definition) is 5. The van der Waals surface area contributed by atoms with Gasteiger partial charge >= 0.3 is 0 Å². The number of amides is 2. The average molecular weight is 286 g/mol. The van der Waals surface area contributed by atoms with Crippen LogP contribution in [0, 0.1) is 0 Å². The third kappa shape index (κ3) is 6.83. The van der Waals surface area contributed by atoms with Crippen LogP contribution < -0.4 is 10.6 Å². The fourth-order valence-corrected chi connectivity index (χ4v) is 2.08. The van der Waals surface area contributed by atoms with Crippen LogP contribution in [-0.2, 0) is 14.3 Å². The summed E-state index contributed by atoms with van der Waals surface area (Å²) in [6.07, 6.45) is 0.979. The van der Waals surface area contributed by atoms with Gasteiger partial charge in [0, 0.05) is 33.3 Å². The minimum Gasteiger partial charge on any atom is -0.383 e. The second-order valence-electron chi connectivity index (χ2n) is 5.00. The van der Waals surface area contributed by atoms with Gasteiger partial charge in [0.1, 0.15) is 0 Å². The van der Waals surface area contributed by atoms with E-state index in [-0.39, 0.29) is 24.9 Å². The summed E-state index contributed by atoms with van der Waals surface area (Å²) in [6.45, 7) is 4.82. The maximum Gasteiger partial charge on any atom is 0.236 e. The van der Waals surface area contributed by atoms with Gasteiger partial charge in [0.15, 0.2) is 0 Å². The first-order valence-corrected chi connectivity index (χ1v) is 7.06. The predicted octanol–water partition coefficient (Wildman–Crippen LogP) is -1.50. The van der Waals surface area contributed by atoms with Crippen molar-refractivity contribution in [3.05, 3.63) is 0 Å². The summed E-state index contributed by atoms with van der Waals surface area (Å²) < 4.78 is 4.86. The van der Waals surface area contributed by atoms with E-state index >= 15 is 0 Å². The van der Waals surface area contributed by atoms with Crippen LogP contribution in [0.2, 0.25) is 0 Å². The minimum atomic E-state index is -0.0881. The van der Waals surface area contributed by atoms with Crippen LogP contribution in [0.15, 0.2) is 0 Å². The lowest BCUT2D eigenvalue weighted by Gasteiger charge is -2.23. The molecule has 1 aliphatic heterocycles. The Bertz CT molecular complexity index is 304. The molecule has 2 amide bonds. The molecule has 2 N–H and O–H groups in total. The Kier molecular flexibility index (Phi) is 8.17. The topological polar surface area (TPSA) is 73.9 Å². The van der Waals surface area contributed by atoms with Crippen molar-refractivity contribution >= 4 is 11.8 Å². The third-order valence-corrected chi connectivity index (χ3v) is 3.14. The monoisotopic (exact) mass is 286 g/mol. The maximum atomic E-state index is 12.1. The summed E-state index contributed by atoms with van der Waals surface area (Å²) in [7, 11) is 3.37. The molecule has 0 aromatic carbocycles. The molecule has 0 bridgehead atoms. The van der Waals surface area contributed by atoms with Gasteiger partial charge in [-0.2, -0.15) is 0 Å². The summed E-state index contributed by atoms with van der Waals surface area (Å²) in [5.41, 5.74) is 0. The fraction of sp³-hybridized carbons (Fsp3) is 0.846. The van der Waals surface area contributed by atoms with E-state index in [1.807, 2.05) is 4.90 Å². The number of ether oxygens (including phenoxy) is 1. The number of hydrogen-bond donors (Lipinski definition) is 2. The van der Waals surface area contributed by atoms with Crippen LogP contribution in [0.3, 0.4) is 0 Å². The molecule has 20 heavy (non-hydrogen) atoms. The zero-order valence-electron chi connectivity index (χ0n) is 12.5. The molecule has 7 heteroatoms. The van der Waals surface area contributed by atoms with Crippen LogP contribution in [0.4, 0.5) is 0 Å². The van der Waals surface area contributed by atoms with Crippen molar-refractivity contribution in [2.75, 3.05) is 66.6 Å². The predicted molar refractivity (Wildman–Crippen MR) is 76.4 cm³/mol. The molecule has 0 radical (unpaired) electrons. The van der Waals surface area contributed by atoms with Gasteiger partial charge in [-0.3, -0.25) is 14.5 Å². The Morgan fingerprint density at radius 2 is 2.10 bits per heavy atom. The zero-order chi connectivity index (χ0) is 14.8. The molecule has 0 aromatic heterocycles. The normalized spacial score (nSPS) is 16.1. The highest BCUT2D eigenvalue weighted by molar-refractivity contribution is 5.81. The zero-order valence-corrected chi connectivity index (χ0v) is 12.5. The molecule has 1 aliphatic rings. The van der Waals surface area contributed by atoms with E-state index in [9.17, 15) is 9.59 Å². The standard InChI is InChI=1S/C13H26N4O3/c1-16(10-12(18)15-6-9-20-2)11-13(19)17-7-3-4-14-5-8-17/h14H,3-11H2,1-2H3,(H,15,18). The molecule has 0 saturated carbocycles. The van der Waals surface area contributed by atoms with Crippen molar-refractivity contribution in [1.29, 1.82) is 0 Å². The number of nitrogens with one attached hydrogen (secondary N) is 2. The molecule has 1 heterocycles. The second-order valence-corrected chi connectivity index (χ2v) is 5.00. The number of carbonyl (C=O) groups excluding carboxylic acids is 2. The first-order chi connectivity index (χ1) is 9.63. The average Bonchev–Trinajstić information content (AvgIpc) is 2.67. The SMILES string of the molecule is COCCNC(=O)CN(C)CC(=O)N1CCCNCC1. The summed E-state index contributed by atoms with van der Waals surface area (Å²) in [5.74, 6) is -0.00391. The highest BCUT2D eigenvalue weighted by atomic mass is 16.5. The Morgan fingerprint density at radius 3 is 2.85 bits per heavy atom. The Balaban J connectivity index is 2.24. The smallest absolute Gasteiger partial charge is 0.236 e. The van der Waals surface area contributed by atoms with Crippen LogP contribution >= 0.6 is 0 Å². The largest absolute Gasteiger partial charge is 0.383 e. The number of carbonyl (C=O) groups is 2. The summed E-state index contributed by atoms with van der Waals surface area (Å²) >= 11 is 0. The maximum absolute atomic E-state index is 12.1. The van der Waals surface area contributed by atoms with Gasteiger partial charge in [-0.05, 0) is 20.0 Å². The van der Waals surface area contributed by atoms with Crippen molar-refractivity contribution in [1.82, 2.24) is 20.4 Å². The Labute approximate surface area is 120 Å². The molecular formula is C13H26N4O3. The Morgan fingerprint density at radius 1 is 1.30 bits per heavy atom. The van der Waals surface area contributed by atoms with Crippen molar-refractivity contribution in [2.45, 2.75) is 6.42 Å². The molecule has 0 atom stereocenters. The molecular weight excluding hydrogens is 260 g/mol. The molecule has 0 aliphatic carbocycles. The van der Waals surface area contributed by atoms with E-state index < -0.39 is 0 Å². The van der Waals surface area contributed by atoms with Gasteiger partial charge in [-0.25, -0.2) is 0 Å². The first-order valence-electron chi connectivity index (χ1n) is 7.06. The van der Waals surface area contributed by atoms with E-state index in [0.717, 1.165) is 32.6 Å². The summed E-state index contributed by atoms with van der Waals surface area (Å²) in [4.78, 5) is 27.3. The fourth-order valence-electron chi connectivity index (χ4n) is 2.08. The van der Waals surface area contributed by atoms with Crippen LogP contribution in [0.1, 0.15) is 6.42 Å². The van der Waals surface area contributed by atoms with Crippen LogP contribution in [0.5, 0.6) is 0 Å². The van der Waals surface area contributed by atoms with E-state index in [1.54, 1.807) is 19.1 Å². The molecule has 116 valence electrons. The van der Waals surface area contributed by atoms with Gasteiger partial charge in [0.25, 0.3) is 0 Å². The van der Waals surface area contributed by atoms with E-state index in [4.69, 9.17) is 4.74 Å². The number of nitrogens with zero attached hydrogens (tertiary/aromatic N) is 2. The van der Waals surface area contributed by atoms with Gasteiger partial charge in [0.05, 0.1) is 19.7 Å². The molecule has 1 saturated heterocycles. The molecule has 7 nitrogen and oxygen atoms in total. The molecule has 1 fully saturated rings. The van der Waals surface area contributed by atoms with Gasteiger partial charge in [0.2, 0.25) is 11.8 Å². The molecule has 0 unspecified atom stereocenters. The van der Waals surface area contributed by atoms with E-state index in [2.05, 4.69) is 10.6 Å². The first kappa shape index (κ1) is 16.9. The van der Waals surface area contributed by atoms with Crippen LogP contribution in [0.25, 0.3) is 0 Å². The molecule has 1 rings (SSSR count). The second kappa shape index (κ2) is 9.68. The van der Waals surface area contributed by atoms with Crippen molar-refractivity contribution in [3.63, 3.8) is 0 Å². The highest BCUT2D eigenvalue weighted by Crippen LogP contribution is 1.97. The Hall–Kier alpha value is -1.18. The van der Waals surface area contributed by atoms with Crippen molar-refractivity contribution in [2.24, 2.45) is 0 Å². The quantitative estimate of drug-likeness (QED) is 0.557. The summed E-state index contributed by atoms with van der Waals surface area (Å²) in [6, 6.07) is 0. The number of likely N-dealkylation sites (N-methyl/N-ethyl adjacent to an activating group) is 1. The molecule has 0 aromatic rings. The van der Waals surface area contributed by atoms with Crippen molar-refractivity contribution < 1.29 is 14.3 Å². The van der Waals surface area contributed by atoms with Crippen molar-refractivity contribution in [3.8, 4) is 0 Å².